The average Bonchev–Trinajstić information content (AvgIpc) is 3.20. The summed E-state index contributed by atoms with van der Waals surface area (Å²) in [5.74, 6) is -4.08. The summed E-state index contributed by atoms with van der Waals surface area (Å²) in [6, 6.07) is 5.10. The van der Waals surface area contributed by atoms with Crippen molar-refractivity contribution in [1.82, 2.24) is 20.5 Å². The molecule has 3 aliphatic rings. The molecule has 0 spiro atoms. The van der Waals surface area contributed by atoms with Crippen LogP contribution in [0.2, 0.25) is 0 Å². The van der Waals surface area contributed by atoms with Gasteiger partial charge in [0.1, 0.15) is 12.1 Å². The maximum Gasteiger partial charge on any atom is 0.471 e. The second-order valence-electron chi connectivity index (χ2n) is 13.2. The van der Waals surface area contributed by atoms with E-state index < -0.39 is 53.2 Å². The number of alkyl halides is 3. The van der Waals surface area contributed by atoms with E-state index in [9.17, 15) is 32.8 Å². The molecule has 12 heteroatoms. The van der Waals surface area contributed by atoms with Gasteiger partial charge in [-0.25, -0.2) is 0 Å². The lowest BCUT2D eigenvalue weighted by molar-refractivity contribution is -0.177. The number of benzene rings is 1. The highest BCUT2D eigenvalue weighted by Gasteiger charge is 2.70. The Labute approximate surface area is 241 Å². The number of halogens is 3. The van der Waals surface area contributed by atoms with Crippen molar-refractivity contribution in [1.29, 1.82) is 5.26 Å². The van der Waals surface area contributed by atoms with E-state index in [2.05, 4.69) is 16.4 Å². The lowest BCUT2D eigenvalue weighted by atomic mass is 9.91. The number of pyridine rings is 1. The van der Waals surface area contributed by atoms with Gasteiger partial charge in [-0.15, -0.1) is 0 Å². The Kier molecular flexibility index (Phi) is 6.84. The van der Waals surface area contributed by atoms with Crippen LogP contribution in [0.25, 0.3) is 10.8 Å². The van der Waals surface area contributed by atoms with Crippen LogP contribution in [0.1, 0.15) is 52.7 Å². The van der Waals surface area contributed by atoms with Crippen LogP contribution < -0.4 is 10.6 Å². The second kappa shape index (κ2) is 9.66. The topological polar surface area (TPSA) is 124 Å². The number of carbonyl (C=O) groups is 3. The zero-order valence-electron chi connectivity index (χ0n) is 24.3. The number of rotatable bonds is 6. The number of likely N-dealkylation sites (tertiary alicyclic amines) is 1. The second-order valence-corrected chi connectivity index (χ2v) is 13.2. The third-order valence-corrected chi connectivity index (χ3v) is 8.89. The van der Waals surface area contributed by atoms with E-state index >= 15 is 0 Å². The minimum atomic E-state index is -5.22. The number of hydrogen-bond donors (Lipinski definition) is 2. The number of hydrogen-bond acceptors (Lipinski definition) is 6. The number of amides is 3. The van der Waals surface area contributed by atoms with E-state index in [1.54, 1.807) is 33.2 Å². The summed E-state index contributed by atoms with van der Waals surface area (Å²) in [5.41, 5.74) is -1.16. The van der Waals surface area contributed by atoms with E-state index in [1.165, 1.54) is 11.8 Å². The molecule has 2 aromatic rings. The number of carbonyl (C=O) groups excluding carboxylic acids is 3. The van der Waals surface area contributed by atoms with Gasteiger partial charge in [-0.3, -0.25) is 19.4 Å². The van der Waals surface area contributed by atoms with Crippen molar-refractivity contribution in [3.63, 3.8) is 0 Å². The molecule has 2 heterocycles. The van der Waals surface area contributed by atoms with Crippen LogP contribution >= 0.6 is 0 Å². The molecule has 224 valence electrons. The van der Waals surface area contributed by atoms with Crippen LogP contribution in [-0.2, 0) is 31.1 Å². The Morgan fingerprint density at radius 1 is 1.19 bits per heavy atom. The van der Waals surface area contributed by atoms with Crippen molar-refractivity contribution >= 4 is 28.5 Å². The molecule has 2 N–H and O–H groups in total. The number of fused-ring (bicyclic) bond motifs is 1. The zero-order valence-corrected chi connectivity index (χ0v) is 24.3. The Bertz CT molecular complexity index is 1510. The van der Waals surface area contributed by atoms with Gasteiger partial charge in [0.05, 0.1) is 17.8 Å². The Morgan fingerprint density at radius 3 is 2.50 bits per heavy atom. The van der Waals surface area contributed by atoms with Gasteiger partial charge in [-0.05, 0) is 55.9 Å². The first-order chi connectivity index (χ1) is 19.4. The predicted molar refractivity (Wildman–Crippen MR) is 145 cm³/mol. The van der Waals surface area contributed by atoms with Crippen molar-refractivity contribution in [2.45, 2.75) is 83.5 Å². The third kappa shape index (κ3) is 4.87. The van der Waals surface area contributed by atoms with Gasteiger partial charge >= 0.3 is 12.1 Å². The zero-order chi connectivity index (χ0) is 31.0. The summed E-state index contributed by atoms with van der Waals surface area (Å²) >= 11 is 0. The first kappa shape index (κ1) is 29.8. The molecule has 0 bridgehead atoms. The molecule has 1 saturated heterocycles. The summed E-state index contributed by atoms with van der Waals surface area (Å²) in [6.07, 6.45) is -2.93. The number of ether oxygens (including phenoxy) is 1. The fourth-order valence-corrected chi connectivity index (χ4v) is 6.91. The number of piperidine rings is 1. The van der Waals surface area contributed by atoms with E-state index in [0.717, 1.165) is 16.3 Å². The summed E-state index contributed by atoms with van der Waals surface area (Å²) in [4.78, 5) is 45.5. The lowest BCUT2D eigenvalue weighted by Crippen LogP contribution is -2.62. The van der Waals surface area contributed by atoms with Crippen molar-refractivity contribution in [2.24, 2.45) is 17.3 Å². The maximum atomic E-state index is 14.1. The van der Waals surface area contributed by atoms with Gasteiger partial charge in [0.15, 0.2) is 5.54 Å². The molecule has 1 unspecified atom stereocenters. The van der Waals surface area contributed by atoms with Gasteiger partial charge < -0.3 is 20.3 Å². The summed E-state index contributed by atoms with van der Waals surface area (Å²) in [5, 5.41) is 16.8. The fraction of sp³-hybridized carbons (Fsp3) is 0.567. The maximum absolute atomic E-state index is 14.1. The highest BCUT2D eigenvalue weighted by molar-refractivity contribution is 5.97. The van der Waals surface area contributed by atoms with Crippen molar-refractivity contribution in [2.75, 3.05) is 6.54 Å². The summed E-state index contributed by atoms with van der Waals surface area (Å²) < 4.78 is 45.6. The molecule has 1 aliphatic heterocycles. The SMILES string of the molecule is C[C@@H](OC(C)(C)C)[C@H](NC(=O)C(F)(F)F)C(=O)N1C[C@H]2[C@@H]([C@H]1C(=O)NC1(C#N)Cc3cccc4cncc1c34)C2(C)C. The molecular weight excluding hydrogens is 551 g/mol. The van der Waals surface area contributed by atoms with Gasteiger partial charge in [-0.1, -0.05) is 32.0 Å². The standard InChI is InChI=1S/C30H34F3N5O4/c1-15(42-27(2,3)4)22(36-26(41)30(31,32)33)25(40)38-13-19-21(28(19,5)6)23(38)24(39)37-29(14-34)10-16-8-7-9-17-11-35-12-18(29)20(16)17/h7-9,11-12,15,19,21-23H,10,13H2,1-6H3,(H,36,41)(H,37,39)/t15-,19+,21+,22+,23+,29?/m1/s1. The Morgan fingerprint density at radius 2 is 1.88 bits per heavy atom. The molecule has 1 aromatic carbocycles. The first-order valence-electron chi connectivity index (χ1n) is 13.9. The summed E-state index contributed by atoms with van der Waals surface area (Å²) in [7, 11) is 0. The van der Waals surface area contributed by atoms with Gasteiger partial charge in [0.25, 0.3) is 0 Å². The summed E-state index contributed by atoms with van der Waals surface area (Å²) in [6.45, 7) is 10.5. The molecule has 9 nitrogen and oxygen atoms in total. The van der Waals surface area contributed by atoms with Crippen molar-refractivity contribution < 1.29 is 32.3 Å². The molecule has 2 aliphatic carbocycles. The van der Waals surface area contributed by atoms with E-state index in [4.69, 9.17) is 4.74 Å². The largest absolute Gasteiger partial charge is 0.471 e. The Hall–Kier alpha value is -3.72. The Balaban J connectivity index is 1.47. The molecule has 6 atom stereocenters. The molecule has 2 fully saturated rings. The molecule has 42 heavy (non-hydrogen) atoms. The number of aromatic nitrogens is 1. The van der Waals surface area contributed by atoms with Crippen molar-refractivity contribution in [3.8, 4) is 6.07 Å². The predicted octanol–water partition coefficient (Wildman–Crippen LogP) is 3.36. The van der Waals surface area contributed by atoms with Crippen molar-refractivity contribution in [3.05, 3.63) is 41.7 Å². The average molecular weight is 586 g/mol. The van der Waals surface area contributed by atoms with E-state index in [0.29, 0.717) is 5.56 Å². The van der Waals surface area contributed by atoms with Crippen LogP contribution in [0, 0.1) is 28.6 Å². The van der Waals surface area contributed by atoms with E-state index in [-0.39, 0.29) is 30.2 Å². The van der Waals surface area contributed by atoms with Crippen LogP contribution in [0.5, 0.6) is 0 Å². The molecule has 1 aromatic heterocycles. The van der Waals surface area contributed by atoms with Gasteiger partial charge in [0, 0.05) is 36.3 Å². The monoisotopic (exact) mass is 585 g/mol. The van der Waals surface area contributed by atoms with Crippen LogP contribution in [-0.4, -0.2) is 64.1 Å². The van der Waals surface area contributed by atoms with Crippen LogP contribution in [0.15, 0.2) is 30.6 Å². The van der Waals surface area contributed by atoms with Gasteiger partial charge in [0.2, 0.25) is 11.8 Å². The van der Waals surface area contributed by atoms with Gasteiger partial charge in [-0.2, -0.15) is 18.4 Å². The minimum absolute atomic E-state index is 0.0843. The normalized spacial score (nSPS) is 27.1. The molecule has 0 radical (unpaired) electrons. The number of nitrogens with zero attached hydrogens (tertiary/aromatic N) is 3. The van der Waals surface area contributed by atoms with Crippen LogP contribution in [0.3, 0.4) is 0 Å². The quantitative estimate of drug-likeness (QED) is 0.536. The number of nitriles is 1. The highest BCUT2D eigenvalue weighted by atomic mass is 19.4. The van der Waals surface area contributed by atoms with Crippen LogP contribution in [0.4, 0.5) is 13.2 Å². The minimum Gasteiger partial charge on any atom is -0.370 e. The first-order valence-corrected chi connectivity index (χ1v) is 13.9. The molecule has 1 saturated carbocycles. The molecule has 5 rings (SSSR count). The third-order valence-electron chi connectivity index (χ3n) is 8.89. The van der Waals surface area contributed by atoms with E-state index in [1.807, 2.05) is 37.4 Å². The smallest absolute Gasteiger partial charge is 0.370 e. The lowest BCUT2D eigenvalue weighted by Gasteiger charge is -2.37. The molecule has 3 amide bonds. The number of nitrogens with one attached hydrogen (secondary N) is 2. The highest BCUT2D eigenvalue weighted by Crippen LogP contribution is 2.65. The molecular formula is C30H34F3N5O4. The fourth-order valence-electron chi connectivity index (χ4n) is 6.91.